The van der Waals surface area contributed by atoms with Crippen LogP contribution in [0.5, 0.6) is 5.75 Å². The van der Waals surface area contributed by atoms with E-state index < -0.39 is 0 Å². The second-order valence-corrected chi connectivity index (χ2v) is 5.61. The van der Waals surface area contributed by atoms with Gasteiger partial charge in [0.2, 0.25) is 5.13 Å². The molecule has 21 heavy (non-hydrogen) atoms. The largest absolute Gasteiger partial charge is 0.483 e. The lowest BCUT2D eigenvalue weighted by Gasteiger charge is -2.09. The fourth-order valence-electron chi connectivity index (χ4n) is 1.85. The molecule has 0 aliphatic carbocycles. The van der Waals surface area contributed by atoms with Crippen molar-refractivity contribution < 1.29 is 9.53 Å². The van der Waals surface area contributed by atoms with Crippen LogP contribution < -0.4 is 10.1 Å². The van der Waals surface area contributed by atoms with Crippen LogP contribution >= 0.6 is 11.3 Å². The standard InChI is InChI=1S/C15H19N3O2S/c1-3-7-14-17-18-15(21-14)16-13(19)10-20-12-9-6-5-8-11(12)4-2/h5-6,8-9H,3-4,7,10H2,1-2H3,(H,16,18,19). The van der Waals surface area contributed by atoms with Gasteiger partial charge in [-0.25, -0.2) is 0 Å². The fourth-order valence-corrected chi connectivity index (χ4v) is 2.71. The first-order chi connectivity index (χ1) is 10.2. The third-order valence-corrected chi connectivity index (χ3v) is 3.79. The molecule has 1 amide bonds. The smallest absolute Gasteiger partial charge is 0.264 e. The van der Waals surface area contributed by atoms with E-state index in [4.69, 9.17) is 4.74 Å². The molecule has 1 heterocycles. The number of carbonyl (C=O) groups is 1. The maximum atomic E-state index is 11.9. The molecule has 1 aromatic carbocycles. The zero-order valence-corrected chi connectivity index (χ0v) is 13.1. The molecule has 2 rings (SSSR count). The average Bonchev–Trinajstić information content (AvgIpc) is 2.93. The molecule has 6 heteroatoms. The van der Waals surface area contributed by atoms with Crippen LogP contribution in [0, 0.1) is 0 Å². The molecular weight excluding hydrogens is 286 g/mol. The van der Waals surface area contributed by atoms with Gasteiger partial charge in [-0.1, -0.05) is 43.4 Å². The number of para-hydroxylation sites is 1. The van der Waals surface area contributed by atoms with E-state index in [-0.39, 0.29) is 12.5 Å². The number of nitrogens with one attached hydrogen (secondary N) is 1. The number of nitrogens with zero attached hydrogens (tertiary/aromatic N) is 2. The highest BCUT2D eigenvalue weighted by atomic mass is 32.1. The fraction of sp³-hybridized carbons (Fsp3) is 0.400. The van der Waals surface area contributed by atoms with Gasteiger partial charge in [0, 0.05) is 6.42 Å². The van der Waals surface area contributed by atoms with Crippen LogP contribution in [-0.2, 0) is 17.6 Å². The van der Waals surface area contributed by atoms with E-state index in [1.54, 1.807) is 0 Å². The van der Waals surface area contributed by atoms with E-state index >= 15 is 0 Å². The van der Waals surface area contributed by atoms with Gasteiger partial charge in [-0.15, -0.1) is 10.2 Å². The minimum absolute atomic E-state index is 0.0281. The minimum Gasteiger partial charge on any atom is -0.483 e. The van der Waals surface area contributed by atoms with Crippen LogP contribution in [-0.4, -0.2) is 22.7 Å². The highest BCUT2D eigenvalue weighted by Crippen LogP contribution is 2.19. The molecule has 0 saturated carbocycles. The van der Waals surface area contributed by atoms with Crippen molar-refractivity contribution in [3.05, 3.63) is 34.8 Å². The number of carbonyl (C=O) groups excluding carboxylic acids is 1. The van der Waals surface area contributed by atoms with Crippen LogP contribution in [0.4, 0.5) is 5.13 Å². The molecule has 0 radical (unpaired) electrons. The van der Waals surface area contributed by atoms with Crippen molar-refractivity contribution in [2.75, 3.05) is 11.9 Å². The number of aromatic nitrogens is 2. The first kappa shape index (κ1) is 15.4. The molecule has 0 aliphatic rings. The Kier molecular flexibility index (Phi) is 5.68. The number of anilines is 1. The molecule has 5 nitrogen and oxygen atoms in total. The Hall–Kier alpha value is -1.95. The van der Waals surface area contributed by atoms with Gasteiger partial charge in [0.15, 0.2) is 6.61 Å². The average molecular weight is 305 g/mol. The van der Waals surface area contributed by atoms with Gasteiger partial charge in [0.25, 0.3) is 5.91 Å². The van der Waals surface area contributed by atoms with Gasteiger partial charge in [-0.2, -0.15) is 0 Å². The highest BCUT2D eigenvalue weighted by molar-refractivity contribution is 7.15. The Morgan fingerprint density at radius 2 is 2.10 bits per heavy atom. The van der Waals surface area contributed by atoms with Crippen LogP contribution in [0.15, 0.2) is 24.3 Å². The summed E-state index contributed by atoms with van der Waals surface area (Å²) in [5.74, 6) is 0.527. The Morgan fingerprint density at radius 1 is 1.29 bits per heavy atom. The lowest BCUT2D eigenvalue weighted by Crippen LogP contribution is -2.20. The summed E-state index contributed by atoms with van der Waals surface area (Å²) in [4.78, 5) is 11.9. The second-order valence-electron chi connectivity index (χ2n) is 4.55. The first-order valence-corrected chi connectivity index (χ1v) is 7.87. The number of aryl methyl sites for hydroxylation is 2. The summed E-state index contributed by atoms with van der Waals surface area (Å²) in [6.45, 7) is 4.11. The third-order valence-electron chi connectivity index (χ3n) is 2.89. The van der Waals surface area contributed by atoms with Crippen LogP contribution in [0.25, 0.3) is 0 Å². The van der Waals surface area contributed by atoms with Crippen molar-refractivity contribution in [3.8, 4) is 5.75 Å². The molecule has 0 unspecified atom stereocenters. The lowest BCUT2D eigenvalue weighted by atomic mass is 10.1. The molecule has 0 saturated heterocycles. The maximum Gasteiger partial charge on any atom is 0.264 e. The number of ether oxygens (including phenoxy) is 1. The maximum absolute atomic E-state index is 11.9. The lowest BCUT2D eigenvalue weighted by molar-refractivity contribution is -0.118. The number of rotatable bonds is 7. The first-order valence-electron chi connectivity index (χ1n) is 7.05. The molecule has 112 valence electrons. The summed E-state index contributed by atoms with van der Waals surface area (Å²) in [6.07, 6.45) is 2.77. The van der Waals surface area contributed by atoms with Crippen molar-refractivity contribution in [2.45, 2.75) is 33.1 Å². The number of hydrogen-bond donors (Lipinski definition) is 1. The molecule has 0 atom stereocenters. The van der Waals surface area contributed by atoms with Crippen LogP contribution in [0.2, 0.25) is 0 Å². The molecule has 0 bridgehead atoms. The van der Waals surface area contributed by atoms with Crippen LogP contribution in [0.3, 0.4) is 0 Å². The van der Waals surface area contributed by atoms with Crippen molar-refractivity contribution in [1.29, 1.82) is 0 Å². The molecule has 1 N–H and O–H groups in total. The van der Waals surface area contributed by atoms with Gasteiger partial charge >= 0.3 is 0 Å². The van der Waals surface area contributed by atoms with Gasteiger partial charge in [-0.05, 0) is 24.5 Å². The summed E-state index contributed by atoms with van der Waals surface area (Å²) in [6, 6.07) is 7.72. The van der Waals surface area contributed by atoms with E-state index in [9.17, 15) is 4.79 Å². The van der Waals surface area contributed by atoms with Crippen molar-refractivity contribution in [2.24, 2.45) is 0 Å². The Morgan fingerprint density at radius 3 is 2.86 bits per heavy atom. The molecule has 2 aromatic rings. The van der Waals surface area contributed by atoms with Crippen molar-refractivity contribution >= 4 is 22.4 Å². The van der Waals surface area contributed by atoms with E-state index in [2.05, 4.69) is 29.4 Å². The Balaban J connectivity index is 1.86. The number of benzene rings is 1. The quantitative estimate of drug-likeness (QED) is 0.854. The Bertz CT molecular complexity index is 598. The highest BCUT2D eigenvalue weighted by Gasteiger charge is 2.09. The summed E-state index contributed by atoms with van der Waals surface area (Å²) in [5, 5.41) is 12.1. The summed E-state index contributed by atoms with van der Waals surface area (Å²) in [5.41, 5.74) is 1.09. The zero-order valence-electron chi connectivity index (χ0n) is 12.3. The van der Waals surface area contributed by atoms with E-state index in [1.165, 1.54) is 11.3 Å². The van der Waals surface area contributed by atoms with Crippen molar-refractivity contribution in [3.63, 3.8) is 0 Å². The summed E-state index contributed by atoms with van der Waals surface area (Å²) < 4.78 is 5.56. The number of amides is 1. The van der Waals surface area contributed by atoms with Gasteiger partial charge in [-0.3, -0.25) is 10.1 Å². The number of hydrogen-bond acceptors (Lipinski definition) is 5. The third kappa shape index (κ3) is 4.53. The van der Waals surface area contributed by atoms with E-state index in [1.807, 2.05) is 24.3 Å². The predicted octanol–water partition coefficient (Wildman–Crippen LogP) is 3.07. The molecule has 0 spiro atoms. The molecule has 0 aliphatic heterocycles. The zero-order chi connectivity index (χ0) is 15.1. The normalized spacial score (nSPS) is 10.4. The molecular formula is C15H19N3O2S. The monoisotopic (exact) mass is 305 g/mol. The van der Waals surface area contributed by atoms with Crippen LogP contribution in [0.1, 0.15) is 30.8 Å². The summed E-state index contributed by atoms with van der Waals surface area (Å²) >= 11 is 1.41. The molecule has 1 aromatic heterocycles. The minimum atomic E-state index is -0.222. The predicted molar refractivity (Wildman–Crippen MR) is 83.8 cm³/mol. The van der Waals surface area contributed by atoms with E-state index in [0.29, 0.717) is 5.13 Å². The Labute approximate surface area is 128 Å². The van der Waals surface area contributed by atoms with Gasteiger partial charge < -0.3 is 4.74 Å². The van der Waals surface area contributed by atoms with E-state index in [0.717, 1.165) is 35.6 Å². The molecule has 0 fully saturated rings. The summed E-state index contributed by atoms with van der Waals surface area (Å²) in [7, 11) is 0. The SMILES string of the molecule is CCCc1nnc(NC(=O)COc2ccccc2CC)s1. The second kappa shape index (κ2) is 7.73. The topological polar surface area (TPSA) is 64.1 Å². The van der Waals surface area contributed by atoms with Gasteiger partial charge in [0.1, 0.15) is 10.8 Å². The van der Waals surface area contributed by atoms with Gasteiger partial charge in [0.05, 0.1) is 0 Å². The van der Waals surface area contributed by atoms with Crippen molar-refractivity contribution in [1.82, 2.24) is 10.2 Å².